The minimum Gasteiger partial charge on any atom is -0.493 e. The van der Waals surface area contributed by atoms with Crippen LogP contribution in [0.15, 0.2) is 36.4 Å². The van der Waals surface area contributed by atoms with E-state index in [9.17, 15) is 4.79 Å². The number of fused-ring (bicyclic) bond motifs is 1. The molecular weight excluding hydrogens is 390 g/mol. The molecule has 0 unspecified atom stereocenters. The lowest BCUT2D eigenvalue weighted by atomic mass is 10.2. The van der Waals surface area contributed by atoms with Gasteiger partial charge in [-0.05, 0) is 19.2 Å². The number of anilines is 1. The highest BCUT2D eigenvalue weighted by Gasteiger charge is 2.15. The summed E-state index contributed by atoms with van der Waals surface area (Å²) in [5.41, 5.74) is 1.61. The van der Waals surface area contributed by atoms with Crippen molar-refractivity contribution in [2.45, 2.75) is 13.0 Å². The molecule has 0 aliphatic rings. The van der Waals surface area contributed by atoms with Crippen molar-refractivity contribution in [2.24, 2.45) is 0 Å². The van der Waals surface area contributed by atoms with Crippen molar-refractivity contribution in [1.82, 2.24) is 9.88 Å². The van der Waals surface area contributed by atoms with Gasteiger partial charge >= 0.3 is 0 Å². The van der Waals surface area contributed by atoms with E-state index in [1.54, 1.807) is 44.8 Å². The molecule has 0 aliphatic carbocycles. The molecule has 3 aromatic rings. The second kappa shape index (κ2) is 9.58. The van der Waals surface area contributed by atoms with Crippen LogP contribution in [0.1, 0.15) is 11.4 Å². The molecule has 8 heteroatoms. The van der Waals surface area contributed by atoms with Crippen LogP contribution in [0.2, 0.25) is 0 Å². The predicted molar refractivity (Wildman–Crippen MR) is 115 cm³/mol. The molecule has 0 spiro atoms. The molecular formula is C21H25N3O4S. The number of benzene rings is 2. The molecule has 0 fully saturated rings. The number of hydrogen-bond donors (Lipinski definition) is 1. The Bertz CT molecular complexity index is 931. The number of methoxy groups -OCH3 is 3. The molecule has 0 saturated heterocycles. The summed E-state index contributed by atoms with van der Waals surface area (Å²) in [6.07, 6.45) is 0.359. The standard InChI is InChI=1S/C21H25N3O4S/c1-24(13-20-23-15-7-5-6-8-18(15)29-20)10-9-19(25)22-14-11-16(26-2)21(28-4)17(12-14)27-3/h5-8,11-12H,9-10,13H2,1-4H3,(H,22,25). The SMILES string of the molecule is COc1cc(NC(=O)CCN(C)Cc2nc3ccccc3s2)cc(OC)c1OC. The van der Waals surface area contributed by atoms with Crippen LogP contribution in [0.4, 0.5) is 5.69 Å². The Hall–Kier alpha value is -2.84. The zero-order chi connectivity index (χ0) is 20.8. The van der Waals surface area contributed by atoms with E-state index in [-0.39, 0.29) is 5.91 Å². The average Bonchev–Trinajstić information content (AvgIpc) is 3.13. The molecule has 7 nitrogen and oxygen atoms in total. The quantitative estimate of drug-likeness (QED) is 0.573. The van der Waals surface area contributed by atoms with Crippen LogP contribution in [-0.2, 0) is 11.3 Å². The number of thiazole rings is 1. The Morgan fingerprint density at radius 3 is 2.41 bits per heavy atom. The van der Waals surface area contributed by atoms with E-state index in [1.165, 1.54) is 4.70 Å². The van der Waals surface area contributed by atoms with Crippen LogP contribution in [0.25, 0.3) is 10.2 Å². The molecule has 154 valence electrons. The van der Waals surface area contributed by atoms with Gasteiger partial charge in [0, 0.05) is 30.8 Å². The number of rotatable bonds is 9. The number of carbonyl (C=O) groups is 1. The number of aromatic nitrogens is 1. The van der Waals surface area contributed by atoms with Crippen LogP contribution in [-0.4, -0.2) is 50.7 Å². The number of ether oxygens (including phenoxy) is 3. The molecule has 29 heavy (non-hydrogen) atoms. The predicted octanol–water partition coefficient (Wildman–Crippen LogP) is 3.78. The van der Waals surface area contributed by atoms with Gasteiger partial charge in [0.05, 0.1) is 38.1 Å². The van der Waals surface area contributed by atoms with E-state index in [4.69, 9.17) is 14.2 Å². The maximum absolute atomic E-state index is 12.4. The van der Waals surface area contributed by atoms with E-state index in [0.29, 0.717) is 42.4 Å². The van der Waals surface area contributed by atoms with Crippen molar-refractivity contribution in [3.8, 4) is 17.2 Å². The molecule has 1 N–H and O–H groups in total. The summed E-state index contributed by atoms with van der Waals surface area (Å²) in [5, 5.41) is 3.93. The summed E-state index contributed by atoms with van der Waals surface area (Å²) in [5.74, 6) is 1.39. The topological polar surface area (TPSA) is 72.9 Å². The molecule has 3 rings (SSSR count). The maximum Gasteiger partial charge on any atom is 0.225 e. The number of nitrogens with one attached hydrogen (secondary N) is 1. The van der Waals surface area contributed by atoms with Crippen molar-refractivity contribution in [1.29, 1.82) is 0 Å². The highest BCUT2D eigenvalue weighted by molar-refractivity contribution is 7.18. The van der Waals surface area contributed by atoms with Crippen LogP contribution >= 0.6 is 11.3 Å². The van der Waals surface area contributed by atoms with Gasteiger partial charge in [-0.2, -0.15) is 0 Å². The fourth-order valence-corrected chi connectivity index (χ4v) is 4.01. The van der Waals surface area contributed by atoms with Crippen molar-refractivity contribution < 1.29 is 19.0 Å². The van der Waals surface area contributed by atoms with Crippen molar-refractivity contribution in [3.63, 3.8) is 0 Å². The highest BCUT2D eigenvalue weighted by atomic mass is 32.1. The Morgan fingerprint density at radius 2 is 1.79 bits per heavy atom. The Morgan fingerprint density at radius 1 is 1.10 bits per heavy atom. The van der Waals surface area contributed by atoms with Gasteiger partial charge in [-0.15, -0.1) is 11.3 Å². The van der Waals surface area contributed by atoms with Gasteiger partial charge in [0.1, 0.15) is 5.01 Å². The van der Waals surface area contributed by atoms with Crippen molar-refractivity contribution in [2.75, 3.05) is 40.2 Å². The minimum atomic E-state index is -0.0876. The van der Waals surface area contributed by atoms with Crippen LogP contribution in [0.3, 0.4) is 0 Å². The molecule has 0 bridgehead atoms. The second-order valence-corrected chi connectivity index (χ2v) is 7.64. The van der Waals surface area contributed by atoms with Gasteiger partial charge < -0.3 is 19.5 Å². The number of nitrogens with zero attached hydrogens (tertiary/aromatic N) is 2. The second-order valence-electron chi connectivity index (χ2n) is 6.53. The van der Waals surface area contributed by atoms with Gasteiger partial charge in [-0.25, -0.2) is 4.98 Å². The molecule has 2 aromatic carbocycles. The number of carbonyl (C=O) groups excluding carboxylic acids is 1. The summed E-state index contributed by atoms with van der Waals surface area (Å²) in [4.78, 5) is 19.1. The summed E-state index contributed by atoms with van der Waals surface area (Å²) >= 11 is 1.68. The van der Waals surface area contributed by atoms with Crippen molar-refractivity contribution in [3.05, 3.63) is 41.4 Å². The molecule has 0 saturated carbocycles. The fraction of sp³-hybridized carbons (Fsp3) is 0.333. The molecule has 1 aromatic heterocycles. The van der Waals surface area contributed by atoms with E-state index < -0.39 is 0 Å². The monoisotopic (exact) mass is 415 g/mol. The molecule has 0 aliphatic heterocycles. The lowest BCUT2D eigenvalue weighted by molar-refractivity contribution is -0.116. The number of amides is 1. The maximum atomic E-state index is 12.4. The van der Waals surface area contributed by atoms with Gasteiger partial charge in [0.25, 0.3) is 0 Å². The normalized spacial score (nSPS) is 10.9. The smallest absolute Gasteiger partial charge is 0.225 e. The number of para-hydroxylation sites is 1. The van der Waals surface area contributed by atoms with Gasteiger partial charge in [-0.3, -0.25) is 9.69 Å². The first-order chi connectivity index (χ1) is 14.0. The van der Waals surface area contributed by atoms with Crippen LogP contribution in [0, 0.1) is 0 Å². The third-order valence-electron chi connectivity index (χ3n) is 4.41. The van der Waals surface area contributed by atoms with E-state index in [2.05, 4.69) is 21.3 Å². The van der Waals surface area contributed by atoms with Gasteiger partial charge in [0.15, 0.2) is 11.5 Å². The van der Waals surface area contributed by atoms with Crippen LogP contribution < -0.4 is 19.5 Å². The summed E-state index contributed by atoms with van der Waals surface area (Å²) in [6.45, 7) is 1.32. The zero-order valence-corrected chi connectivity index (χ0v) is 17.8. The molecule has 1 heterocycles. The van der Waals surface area contributed by atoms with Gasteiger partial charge in [0.2, 0.25) is 11.7 Å². The van der Waals surface area contributed by atoms with E-state index >= 15 is 0 Å². The Balaban J connectivity index is 1.56. The summed E-state index contributed by atoms with van der Waals surface area (Å²) in [7, 11) is 6.61. The van der Waals surface area contributed by atoms with Crippen LogP contribution in [0.5, 0.6) is 17.2 Å². The molecule has 0 atom stereocenters. The first kappa shape index (κ1) is 20.9. The summed E-state index contributed by atoms with van der Waals surface area (Å²) in [6, 6.07) is 11.5. The first-order valence-electron chi connectivity index (χ1n) is 9.17. The van der Waals surface area contributed by atoms with E-state index in [0.717, 1.165) is 10.5 Å². The largest absolute Gasteiger partial charge is 0.493 e. The molecule has 1 amide bonds. The first-order valence-corrected chi connectivity index (χ1v) is 9.98. The fourth-order valence-electron chi connectivity index (χ4n) is 2.97. The lowest BCUT2D eigenvalue weighted by Gasteiger charge is -2.16. The average molecular weight is 416 g/mol. The number of hydrogen-bond acceptors (Lipinski definition) is 7. The van der Waals surface area contributed by atoms with Crippen molar-refractivity contribution >= 4 is 33.1 Å². The minimum absolute atomic E-state index is 0.0876. The third kappa shape index (κ3) is 5.16. The zero-order valence-electron chi connectivity index (χ0n) is 17.0. The Kier molecular flexibility index (Phi) is 6.90. The summed E-state index contributed by atoms with van der Waals surface area (Å²) < 4.78 is 17.1. The lowest BCUT2D eigenvalue weighted by Crippen LogP contribution is -2.24. The van der Waals surface area contributed by atoms with Gasteiger partial charge in [-0.1, -0.05) is 12.1 Å². The van der Waals surface area contributed by atoms with E-state index in [1.807, 2.05) is 25.2 Å². The Labute approximate surface area is 174 Å². The molecule has 0 radical (unpaired) electrons. The third-order valence-corrected chi connectivity index (χ3v) is 5.43. The highest BCUT2D eigenvalue weighted by Crippen LogP contribution is 2.39.